The number of methoxy groups -OCH3 is 1. The van der Waals surface area contributed by atoms with Crippen molar-refractivity contribution >= 4 is 0 Å². The van der Waals surface area contributed by atoms with Crippen molar-refractivity contribution in [3.8, 4) is 18.1 Å². The van der Waals surface area contributed by atoms with Gasteiger partial charge in [-0.25, -0.2) is 0 Å². The Morgan fingerprint density at radius 1 is 1.33 bits per heavy atom. The van der Waals surface area contributed by atoms with Gasteiger partial charge in [0.05, 0.1) is 7.11 Å². The van der Waals surface area contributed by atoms with Crippen LogP contribution in [0.25, 0.3) is 0 Å². The molecule has 98 valence electrons. The fourth-order valence-corrected chi connectivity index (χ4v) is 1.90. The predicted octanol–water partition coefficient (Wildman–Crippen LogP) is 3.02. The van der Waals surface area contributed by atoms with Crippen molar-refractivity contribution in [3.05, 3.63) is 29.8 Å². The number of nitrogens with one attached hydrogen (secondary N) is 1. The maximum absolute atomic E-state index is 5.40. The molecule has 0 aromatic heterocycles. The highest BCUT2D eigenvalue weighted by molar-refractivity contribution is 5.27. The Morgan fingerprint density at radius 3 is 2.61 bits per heavy atom. The summed E-state index contributed by atoms with van der Waals surface area (Å²) < 4.78 is 5.15. The Morgan fingerprint density at radius 2 is 2.06 bits per heavy atom. The average Bonchev–Trinajstić information content (AvgIpc) is 2.42. The number of ether oxygens (including phenoxy) is 1. The van der Waals surface area contributed by atoms with Crippen molar-refractivity contribution in [1.29, 1.82) is 0 Å². The Bertz CT molecular complexity index is 364. The molecular formula is C16H23NO. The summed E-state index contributed by atoms with van der Waals surface area (Å²) in [6.45, 7) is 3.21. The van der Waals surface area contributed by atoms with Crippen LogP contribution in [0.3, 0.4) is 0 Å². The van der Waals surface area contributed by atoms with E-state index in [0.717, 1.165) is 38.0 Å². The molecule has 2 nitrogen and oxygen atoms in total. The zero-order chi connectivity index (χ0) is 13.2. The number of rotatable bonds is 8. The van der Waals surface area contributed by atoms with Gasteiger partial charge in [0, 0.05) is 12.5 Å². The molecule has 0 radical (unpaired) electrons. The second-order valence-corrected chi connectivity index (χ2v) is 4.45. The molecular weight excluding hydrogens is 222 g/mol. The number of terminal acetylenes is 1. The minimum Gasteiger partial charge on any atom is -0.497 e. The zero-order valence-corrected chi connectivity index (χ0v) is 11.4. The van der Waals surface area contributed by atoms with Gasteiger partial charge in [0.1, 0.15) is 5.75 Å². The lowest BCUT2D eigenvalue weighted by Crippen LogP contribution is -2.29. The van der Waals surface area contributed by atoms with Crippen LogP contribution in [0.5, 0.6) is 5.75 Å². The minimum atomic E-state index is 0.428. The summed E-state index contributed by atoms with van der Waals surface area (Å²) in [5.74, 6) is 3.65. The molecule has 2 heteroatoms. The molecule has 1 aromatic rings. The molecule has 18 heavy (non-hydrogen) atoms. The van der Waals surface area contributed by atoms with Crippen molar-refractivity contribution in [3.63, 3.8) is 0 Å². The molecule has 0 saturated carbocycles. The molecule has 0 bridgehead atoms. The van der Waals surface area contributed by atoms with E-state index in [9.17, 15) is 0 Å². The van der Waals surface area contributed by atoms with E-state index in [2.05, 4.69) is 30.3 Å². The van der Waals surface area contributed by atoms with Gasteiger partial charge in [-0.3, -0.25) is 0 Å². The van der Waals surface area contributed by atoms with E-state index < -0.39 is 0 Å². The Balaban J connectivity index is 2.42. The van der Waals surface area contributed by atoms with Gasteiger partial charge in [-0.2, -0.15) is 0 Å². The number of hydrogen-bond acceptors (Lipinski definition) is 2. The first kappa shape index (κ1) is 14.6. The molecule has 0 aliphatic rings. The highest BCUT2D eigenvalue weighted by Gasteiger charge is 2.06. The molecule has 1 rings (SSSR count). The van der Waals surface area contributed by atoms with Crippen molar-refractivity contribution in [2.45, 2.75) is 38.6 Å². The normalized spacial score (nSPS) is 11.8. The van der Waals surface area contributed by atoms with Gasteiger partial charge in [0.15, 0.2) is 0 Å². The Labute approximate surface area is 111 Å². The standard InChI is InChI=1S/C16H23NO/c1-4-6-15(17-13-5-2)10-7-14-8-11-16(18-3)12-9-14/h1,8-9,11-12,15,17H,5-7,10,13H2,2-3H3. The molecule has 0 amide bonds. The van der Waals surface area contributed by atoms with E-state index in [1.807, 2.05) is 12.1 Å². The lowest BCUT2D eigenvalue weighted by molar-refractivity contribution is 0.414. The van der Waals surface area contributed by atoms with Gasteiger partial charge in [-0.15, -0.1) is 12.3 Å². The van der Waals surface area contributed by atoms with E-state index in [-0.39, 0.29) is 0 Å². The smallest absolute Gasteiger partial charge is 0.118 e. The van der Waals surface area contributed by atoms with Crippen LogP contribution >= 0.6 is 0 Å². The second kappa shape index (κ2) is 8.60. The van der Waals surface area contributed by atoms with Crippen LogP contribution in [-0.4, -0.2) is 19.7 Å². The van der Waals surface area contributed by atoms with Crippen molar-refractivity contribution in [2.24, 2.45) is 0 Å². The Kier molecular flexibility index (Phi) is 6.98. The van der Waals surface area contributed by atoms with Gasteiger partial charge < -0.3 is 10.1 Å². The lowest BCUT2D eigenvalue weighted by atomic mass is 10.0. The summed E-state index contributed by atoms with van der Waals surface area (Å²) in [7, 11) is 1.69. The van der Waals surface area contributed by atoms with Crippen LogP contribution in [0, 0.1) is 12.3 Å². The van der Waals surface area contributed by atoms with Crippen LogP contribution in [0.15, 0.2) is 24.3 Å². The van der Waals surface area contributed by atoms with Crippen LogP contribution in [-0.2, 0) is 6.42 Å². The first-order valence-corrected chi connectivity index (χ1v) is 6.60. The molecule has 0 heterocycles. The third-order valence-electron chi connectivity index (χ3n) is 2.99. The zero-order valence-electron chi connectivity index (χ0n) is 11.4. The number of aryl methyl sites for hydroxylation is 1. The van der Waals surface area contributed by atoms with Crippen molar-refractivity contribution in [1.82, 2.24) is 5.32 Å². The summed E-state index contributed by atoms with van der Waals surface area (Å²) >= 11 is 0. The summed E-state index contributed by atoms with van der Waals surface area (Å²) in [5.41, 5.74) is 1.33. The van der Waals surface area contributed by atoms with Gasteiger partial charge >= 0.3 is 0 Å². The highest BCUT2D eigenvalue weighted by atomic mass is 16.5. The third kappa shape index (κ3) is 5.25. The second-order valence-electron chi connectivity index (χ2n) is 4.45. The molecule has 0 aliphatic heterocycles. The van der Waals surface area contributed by atoms with Crippen molar-refractivity contribution < 1.29 is 4.74 Å². The molecule has 1 aromatic carbocycles. The molecule has 0 saturated heterocycles. The summed E-state index contributed by atoms with van der Waals surface area (Å²) in [5, 5.41) is 3.50. The van der Waals surface area contributed by atoms with E-state index in [4.69, 9.17) is 11.2 Å². The van der Waals surface area contributed by atoms with Crippen molar-refractivity contribution in [2.75, 3.05) is 13.7 Å². The fourth-order valence-electron chi connectivity index (χ4n) is 1.90. The summed E-state index contributed by atoms with van der Waals surface area (Å²) in [6.07, 6.45) is 9.47. The summed E-state index contributed by atoms with van der Waals surface area (Å²) in [6, 6.07) is 8.67. The minimum absolute atomic E-state index is 0.428. The summed E-state index contributed by atoms with van der Waals surface area (Å²) in [4.78, 5) is 0. The van der Waals surface area contributed by atoms with E-state index in [0.29, 0.717) is 6.04 Å². The monoisotopic (exact) mass is 245 g/mol. The molecule has 1 N–H and O–H groups in total. The first-order chi connectivity index (χ1) is 8.80. The highest BCUT2D eigenvalue weighted by Crippen LogP contribution is 2.13. The van der Waals surface area contributed by atoms with Gasteiger partial charge in [-0.05, 0) is 43.5 Å². The van der Waals surface area contributed by atoms with Gasteiger partial charge in [0.2, 0.25) is 0 Å². The SMILES string of the molecule is C#CCC(CCc1ccc(OC)cc1)NCCC. The fraction of sp³-hybridized carbons (Fsp3) is 0.500. The average molecular weight is 245 g/mol. The third-order valence-corrected chi connectivity index (χ3v) is 2.99. The maximum atomic E-state index is 5.40. The first-order valence-electron chi connectivity index (χ1n) is 6.60. The van der Waals surface area contributed by atoms with Crippen LogP contribution in [0.2, 0.25) is 0 Å². The Hall–Kier alpha value is -1.46. The molecule has 0 spiro atoms. The predicted molar refractivity (Wildman–Crippen MR) is 76.8 cm³/mol. The van der Waals surface area contributed by atoms with Crippen LogP contribution in [0.1, 0.15) is 31.7 Å². The molecule has 0 fully saturated rings. The molecule has 0 aliphatic carbocycles. The van der Waals surface area contributed by atoms with Crippen LogP contribution < -0.4 is 10.1 Å². The number of benzene rings is 1. The quantitative estimate of drug-likeness (QED) is 0.711. The van der Waals surface area contributed by atoms with Gasteiger partial charge in [0.25, 0.3) is 0 Å². The van der Waals surface area contributed by atoms with Crippen LogP contribution in [0.4, 0.5) is 0 Å². The van der Waals surface area contributed by atoms with E-state index >= 15 is 0 Å². The molecule has 1 atom stereocenters. The maximum Gasteiger partial charge on any atom is 0.118 e. The van der Waals surface area contributed by atoms with E-state index in [1.165, 1.54) is 5.56 Å². The molecule has 1 unspecified atom stereocenters. The van der Waals surface area contributed by atoms with E-state index in [1.54, 1.807) is 7.11 Å². The largest absolute Gasteiger partial charge is 0.497 e. The van der Waals surface area contributed by atoms with Gasteiger partial charge in [-0.1, -0.05) is 19.1 Å². The lowest BCUT2D eigenvalue weighted by Gasteiger charge is -2.15. The number of hydrogen-bond donors (Lipinski definition) is 1. The topological polar surface area (TPSA) is 21.3 Å².